The number of aryl methyl sites for hydroxylation is 1. The fourth-order valence-electron chi connectivity index (χ4n) is 1.78. The molecule has 0 saturated carbocycles. The van der Waals surface area contributed by atoms with Crippen LogP contribution in [0.5, 0.6) is 0 Å². The van der Waals surface area contributed by atoms with Gasteiger partial charge in [-0.15, -0.1) is 0 Å². The van der Waals surface area contributed by atoms with Gasteiger partial charge < -0.3 is 14.8 Å². The zero-order valence-electron chi connectivity index (χ0n) is 12.9. The van der Waals surface area contributed by atoms with Gasteiger partial charge in [0.25, 0.3) is 5.91 Å². The molecular weight excluding hydrogens is 288 g/mol. The van der Waals surface area contributed by atoms with Gasteiger partial charge in [-0.25, -0.2) is 9.78 Å². The van der Waals surface area contributed by atoms with Crippen LogP contribution in [0.1, 0.15) is 53.3 Å². The molecule has 22 heavy (non-hydrogen) atoms. The minimum atomic E-state index is -1.18. The Bertz CT molecular complexity index is 709. The van der Waals surface area contributed by atoms with Crippen molar-refractivity contribution in [3.05, 3.63) is 35.3 Å². The van der Waals surface area contributed by atoms with E-state index in [9.17, 15) is 9.59 Å². The van der Waals surface area contributed by atoms with Gasteiger partial charge in [-0.1, -0.05) is 20.8 Å². The second-order valence-corrected chi connectivity index (χ2v) is 5.90. The van der Waals surface area contributed by atoms with E-state index in [1.54, 1.807) is 13.1 Å². The number of oxazole rings is 1. The molecule has 2 heterocycles. The molecule has 0 saturated heterocycles. The van der Waals surface area contributed by atoms with Crippen molar-refractivity contribution in [2.45, 2.75) is 32.7 Å². The molecule has 0 unspecified atom stereocenters. The Balaban J connectivity index is 2.06. The SMILES string of the molecule is Cn1nc(C(C)(C)C)cc1C(=O)NCc1nc(C(=O)O)co1. The van der Waals surface area contributed by atoms with E-state index in [0.29, 0.717) is 5.69 Å². The molecule has 0 atom stereocenters. The summed E-state index contributed by atoms with van der Waals surface area (Å²) in [5.41, 5.74) is 0.870. The predicted octanol–water partition coefficient (Wildman–Crippen LogP) is 1.33. The van der Waals surface area contributed by atoms with Crippen molar-refractivity contribution < 1.29 is 19.1 Å². The number of carboxylic acids is 1. The summed E-state index contributed by atoms with van der Waals surface area (Å²) in [4.78, 5) is 26.6. The average Bonchev–Trinajstić information content (AvgIpc) is 3.01. The summed E-state index contributed by atoms with van der Waals surface area (Å²) in [6.07, 6.45) is 1.03. The average molecular weight is 306 g/mol. The number of carboxylic acid groups (broad SMARTS) is 1. The summed E-state index contributed by atoms with van der Waals surface area (Å²) in [7, 11) is 1.69. The number of aromatic carboxylic acids is 1. The van der Waals surface area contributed by atoms with E-state index in [0.717, 1.165) is 12.0 Å². The molecule has 118 valence electrons. The van der Waals surface area contributed by atoms with E-state index in [-0.39, 0.29) is 29.5 Å². The molecule has 0 aliphatic carbocycles. The van der Waals surface area contributed by atoms with Crippen LogP contribution >= 0.6 is 0 Å². The van der Waals surface area contributed by atoms with Crippen LogP contribution in [0.15, 0.2) is 16.7 Å². The Labute approximate surface area is 127 Å². The van der Waals surface area contributed by atoms with Gasteiger partial charge in [0, 0.05) is 12.5 Å². The van der Waals surface area contributed by atoms with Gasteiger partial charge in [0.2, 0.25) is 5.89 Å². The number of hydrogen-bond acceptors (Lipinski definition) is 5. The van der Waals surface area contributed by atoms with E-state index in [2.05, 4.69) is 15.4 Å². The summed E-state index contributed by atoms with van der Waals surface area (Å²) in [6.45, 7) is 6.04. The Morgan fingerprint density at radius 1 is 1.41 bits per heavy atom. The Kier molecular flexibility index (Phi) is 4.03. The minimum Gasteiger partial charge on any atom is -0.476 e. The molecular formula is C14H18N4O4. The van der Waals surface area contributed by atoms with Crippen LogP contribution in [0.3, 0.4) is 0 Å². The van der Waals surface area contributed by atoms with Crippen molar-refractivity contribution in [3.63, 3.8) is 0 Å². The number of amides is 1. The van der Waals surface area contributed by atoms with Gasteiger partial charge in [-0.05, 0) is 6.07 Å². The molecule has 0 aromatic carbocycles. The molecule has 0 fully saturated rings. The Morgan fingerprint density at radius 2 is 2.09 bits per heavy atom. The molecule has 2 aromatic rings. The number of nitrogens with zero attached hydrogens (tertiary/aromatic N) is 3. The zero-order chi connectivity index (χ0) is 16.5. The van der Waals surface area contributed by atoms with E-state index in [1.807, 2.05) is 20.8 Å². The number of nitrogens with one attached hydrogen (secondary N) is 1. The lowest BCUT2D eigenvalue weighted by molar-refractivity contribution is 0.0690. The Hall–Kier alpha value is -2.64. The Morgan fingerprint density at radius 3 is 2.59 bits per heavy atom. The van der Waals surface area contributed by atoms with Gasteiger partial charge >= 0.3 is 5.97 Å². The van der Waals surface area contributed by atoms with E-state index >= 15 is 0 Å². The maximum atomic E-state index is 12.2. The lowest BCUT2D eigenvalue weighted by Crippen LogP contribution is -2.25. The maximum absolute atomic E-state index is 12.2. The third kappa shape index (κ3) is 3.33. The summed E-state index contributed by atoms with van der Waals surface area (Å²) in [5, 5.41) is 15.7. The van der Waals surface area contributed by atoms with Crippen LogP contribution in [0.25, 0.3) is 0 Å². The third-order valence-electron chi connectivity index (χ3n) is 3.05. The highest BCUT2D eigenvalue weighted by Crippen LogP contribution is 2.21. The molecule has 8 nitrogen and oxygen atoms in total. The molecule has 0 radical (unpaired) electrons. The monoisotopic (exact) mass is 306 g/mol. The standard InChI is InChI=1S/C14H18N4O4/c1-14(2,3)10-5-9(18(4)17-10)12(19)15-6-11-16-8(7-22-11)13(20)21/h5,7H,6H2,1-4H3,(H,15,19)(H,20,21). The normalized spacial score (nSPS) is 11.5. The van der Waals surface area contributed by atoms with Gasteiger partial charge in [-0.3, -0.25) is 9.48 Å². The van der Waals surface area contributed by atoms with E-state index in [1.165, 1.54) is 4.68 Å². The number of hydrogen-bond donors (Lipinski definition) is 2. The summed E-state index contributed by atoms with van der Waals surface area (Å²) in [5.74, 6) is -1.38. The largest absolute Gasteiger partial charge is 0.476 e. The first-order chi connectivity index (χ1) is 10.2. The summed E-state index contributed by atoms with van der Waals surface area (Å²) >= 11 is 0. The highest BCUT2D eigenvalue weighted by atomic mass is 16.4. The quantitative estimate of drug-likeness (QED) is 0.881. The van der Waals surface area contributed by atoms with Crippen molar-refractivity contribution in [2.24, 2.45) is 7.05 Å². The van der Waals surface area contributed by atoms with Crippen LogP contribution in [-0.4, -0.2) is 31.7 Å². The molecule has 0 spiro atoms. The van der Waals surface area contributed by atoms with Crippen LogP contribution in [0.4, 0.5) is 0 Å². The van der Waals surface area contributed by atoms with Gasteiger partial charge in [-0.2, -0.15) is 5.10 Å². The molecule has 0 aliphatic heterocycles. The molecule has 0 bridgehead atoms. The maximum Gasteiger partial charge on any atom is 0.357 e. The van der Waals surface area contributed by atoms with E-state index < -0.39 is 5.97 Å². The van der Waals surface area contributed by atoms with Crippen LogP contribution in [0, 0.1) is 0 Å². The van der Waals surface area contributed by atoms with Crippen molar-refractivity contribution >= 4 is 11.9 Å². The fourth-order valence-corrected chi connectivity index (χ4v) is 1.78. The fraction of sp³-hybridized carbons (Fsp3) is 0.429. The number of aromatic nitrogens is 3. The number of carbonyl (C=O) groups is 2. The molecule has 0 aliphatic rings. The lowest BCUT2D eigenvalue weighted by Gasteiger charge is -2.13. The third-order valence-corrected chi connectivity index (χ3v) is 3.05. The molecule has 2 aromatic heterocycles. The van der Waals surface area contributed by atoms with Crippen LogP contribution in [0.2, 0.25) is 0 Å². The first-order valence-electron chi connectivity index (χ1n) is 6.69. The van der Waals surface area contributed by atoms with Crippen molar-refractivity contribution in [3.8, 4) is 0 Å². The molecule has 2 rings (SSSR count). The smallest absolute Gasteiger partial charge is 0.357 e. The molecule has 1 amide bonds. The molecule has 8 heteroatoms. The van der Waals surface area contributed by atoms with Crippen LogP contribution in [-0.2, 0) is 19.0 Å². The first kappa shape index (κ1) is 15.7. The number of carbonyl (C=O) groups excluding carboxylic acids is 1. The van der Waals surface area contributed by atoms with Crippen molar-refractivity contribution in [1.82, 2.24) is 20.1 Å². The van der Waals surface area contributed by atoms with E-state index in [4.69, 9.17) is 9.52 Å². The van der Waals surface area contributed by atoms with Gasteiger partial charge in [0.15, 0.2) is 5.69 Å². The van der Waals surface area contributed by atoms with Crippen LogP contribution < -0.4 is 5.32 Å². The van der Waals surface area contributed by atoms with Gasteiger partial charge in [0.05, 0.1) is 12.2 Å². The van der Waals surface area contributed by atoms with Crippen molar-refractivity contribution in [2.75, 3.05) is 0 Å². The topological polar surface area (TPSA) is 110 Å². The number of rotatable bonds is 4. The predicted molar refractivity (Wildman–Crippen MR) is 76.5 cm³/mol. The summed E-state index contributed by atoms with van der Waals surface area (Å²) < 4.78 is 6.48. The van der Waals surface area contributed by atoms with Crippen molar-refractivity contribution in [1.29, 1.82) is 0 Å². The first-order valence-corrected chi connectivity index (χ1v) is 6.69. The zero-order valence-corrected chi connectivity index (χ0v) is 12.9. The second-order valence-electron chi connectivity index (χ2n) is 5.90. The highest BCUT2D eigenvalue weighted by molar-refractivity contribution is 5.92. The lowest BCUT2D eigenvalue weighted by atomic mass is 9.92. The van der Waals surface area contributed by atoms with Gasteiger partial charge in [0.1, 0.15) is 12.0 Å². The minimum absolute atomic E-state index is 0.00213. The highest BCUT2D eigenvalue weighted by Gasteiger charge is 2.22. The molecule has 2 N–H and O–H groups in total. The summed E-state index contributed by atoms with van der Waals surface area (Å²) in [6, 6.07) is 1.73. The second kappa shape index (κ2) is 5.63.